The van der Waals surface area contributed by atoms with Crippen molar-refractivity contribution < 1.29 is 28.6 Å². The van der Waals surface area contributed by atoms with E-state index in [0.29, 0.717) is 13.2 Å². The maximum Gasteiger partial charge on any atom is 0.410 e. The van der Waals surface area contributed by atoms with Crippen LogP contribution in [0.1, 0.15) is 40.2 Å². The number of esters is 1. The van der Waals surface area contributed by atoms with Crippen molar-refractivity contribution >= 4 is 18.0 Å². The van der Waals surface area contributed by atoms with Crippen LogP contribution in [0, 0.1) is 5.41 Å². The third-order valence-corrected chi connectivity index (χ3v) is 5.29. The molecule has 0 aromatic heterocycles. The van der Waals surface area contributed by atoms with E-state index in [1.807, 2.05) is 51.1 Å². The molecule has 3 rings (SSSR count). The minimum Gasteiger partial charge on any atom is -0.460 e. The molecule has 2 aliphatic rings. The first-order valence-electron chi connectivity index (χ1n) is 10.6. The van der Waals surface area contributed by atoms with Gasteiger partial charge in [-0.3, -0.25) is 14.5 Å². The summed E-state index contributed by atoms with van der Waals surface area (Å²) in [4.78, 5) is 41.5. The Hall–Kier alpha value is -2.61. The van der Waals surface area contributed by atoms with Gasteiger partial charge in [0.2, 0.25) is 5.91 Å². The van der Waals surface area contributed by atoms with Crippen LogP contribution in [0.15, 0.2) is 30.3 Å². The van der Waals surface area contributed by atoms with Crippen LogP contribution in [0.25, 0.3) is 0 Å². The first-order valence-corrected chi connectivity index (χ1v) is 10.6. The number of hydrogen-bond acceptors (Lipinski definition) is 6. The predicted octanol–water partition coefficient (Wildman–Crippen LogP) is 2.60. The Balaban J connectivity index is 1.65. The lowest BCUT2D eigenvalue weighted by molar-refractivity contribution is -0.167. The summed E-state index contributed by atoms with van der Waals surface area (Å²) in [6.07, 6.45) is -0.983. The van der Waals surface area contributed by atoms with Gasteiger partial charge < -0.3 is 19.1 Å². The molecule has 0 bridgehead atoms. The summed E-state index contributed by atoms with van der Waals surface area (Å²) >= 11 is 0. The van der Waals surface area contributed by atoms with Crippen molar-refractivity contribution in [2.45, 2.75) is 59.0 Å². The molecule has 2 saturated heterocycles. The van der Waals surface area contributed by atoms with Crippen LogP contribution in [-0.4, -0.2) is 71.8 Å². The summed E-state index contributed by atoms with van der Waals surface area (Å²) < 4.78 is 16.7. The number of benzene rings is 1. The second-order valence-electron chi connectivity index (χ2n) is 9.69. The van der Waals surface area contributed by atoms with Crippen LogP contribution in [0.3, 0.4) is 0 Å². The highest BCUT2D eigenvalue weighted by molar-refractivity contribution is 5.89. The van der Waals surface area contributed by atoms with Crippen molar-refractivity contribution in [1.82, 2.24) is 9.80 Å². The number of hydrogen-bond donors (Lipinski definition) is 0. The summed E-state index contributed by atoms with van der Waals surface area (Å²) in [5, 5.41) is 0. The fourth-order valence-corrected chi connectivity index (χ4v) is 3.78. The van der Waals surface area contributed by atoms with E-state index in [-0.39, 0.29) is 31.6 Å². The van der Waals surface area contributed by atoms with E-state index in [0.717, 1.165) is 5.56 Å². The largest absolute Gasteiger partial charge is 0.460 e. The minimum absolute atomic E-state index is 0.137. The second-order valence-corrected chi connectivity index (χ2v) is 9.69. The number of likely N-dealkylation sites (tertiary alicyclic amines) is 1. The number of fused-ring (bicyclic) bond motifs is 1. The first kappa shape index (κ1) is 23.1. The monoisotopic (exact) mass is 432 g/mol. The SMILES string of the molecule is CC(C)(C)OC(=O)C(C)(C)CN1C[C@@H]2OCCN(C(=O)OCc3ccccc3)[C@@H]2C1=O. The van der Waals surface area contributed by atoms with E-state index >= 15 is 0 Å². The quantitative estimate of drug-likeness (QED) is 0.665. The maximum absolute atomic E-state index is 13.2. The van der Waals surface area contributed by atoms with E-state index < -0.39 is 29.3 Å². The molecule has 1 aromatic rings. The standard InChI is InChI=1S/C23H32N2O6/c1-22(2,3)31-20(27)23(4,5)15-24-13-17-18(19(24)26)25(11-12-29-17)21(28)30-14-16-9-7-6-8-10-16/h6-10,17-18H,11-15H2,1-5H3/t17-,18-/m0/s1. The smallest absolute Gasteiger partial charge is 0.410 e. The van der Waals surface area contributed by atoms with Crippen molar-refractivity contribution in [2.24, 2.45) is 5.41 Å². The molecule has 0 aliphatic carbocycles. The van der Waals surface area contributed by atoms with Crippen LogP contribution in [0.2, 0.25) is 0 Å². The number of nitrogens with zero attached hydrogens (tertiary/aromatic N) is 2. The Morgan fingerprint density at radius 3 is 2.45 bits per heavy atom. The Bertz CT molecular complexity index is 817. The molecular weight excluding hydrogens is 400 g/mol. The highest BCUT2D eigenvalue weighted by Crippen LogP contribution is 2.30. The van der Waals surface area contributed by atoms with Crippen LogP contribution in [0.4, 0.5) is 4.79 Å². The van der Waals surface area contributed by atoms with E-state index in [4.69, 9.17) is 14.2 Å². The molecule has 170 valence electrons. The van der Waals surface area contributed by atoms with Crippen molar-refractivity contribution in [2.75, 3.05) is 26.2 Å². The number of amides is 2. The summed E-state index contributed by atoms with van der Waals surface area (Å²) in [5.41, 5.74) is -0.631. The molecule has 0 saturated carbocycles. The number of carbonyl (C=O) groups is 3. The molecule has 0 spiro atoms. The third kappa shape index (κ3) is 5.55. The zero-order valence-corrected chi connectivity index (χ0v) is 18.9. The van der Waals surface area contributed by atoms with E-state index in [9.17, 15) is 14.4 Å². The van der Waals surface area contributed by atoms with Crippen LogP contribution in [0.5, 0.6) is 0 Å². The van der Waals surface area contributed by atoms with E-state index in [2.05, 4.69) is 0 Å². The average molecular weight is 433 g/mol. The van der Waals surface area contributed by atoms with Gasteiger partial charge in [0.1, 0.15) is 24.4 Å². The summed E-state index contributed by atoms with van der Waals surface area (Å²) in [5.74, 6) is -0.610. The molecular formula is C23H32N2O6. The molecule has 2 fully saturated rings. The van der Waals surface area contributed by atoms with Crippen molar-refractivity contribution in [3.8, 4) is 0 Å². The van der Waals surface area contributed by atoms with E-state index in [1.54, 1.807) is 18.7 Å². The van der Waals surface area contributed by atoms with Gasteiger partial charge in [0.25, 0.3) is 0 Å². The molecule has 0 unspecified atom stereocenters. The minimum atomic E-state index is -0.894. The van der Waals surface area contributed by atoms with Gasteiger partial charge in [-0.15, -0.1) is 0 Å². The molecule has 2 atom stereocenters. The highest BCUT2D eigenvalue weighted by Gasteiger charge is 2.50. The highest BCUT2D eigenvalue weighted by atomic mass is 16.6. The maximum atomic E-state index is 13.2. The van der Waals surface area contributed by atoms with Gasteiger partial charge in [0, 0.05) is 19.6 Å². The number of rotatable bonds is 5. The Morgan fingerprint density at radius 2 is 1.81 bits per heavy atom. The molecule has 2 amide bonds. The van der Waals surface area contributed by atoms with Crippen molar-refractivity contribution in [3.05, 3.63) is 35.9 Å². The first-order chi connectivity index (χ1) is 14.5. The lowest BCUT2D eigenvalue weighted by atomic mass is 9.92. The van der Waals surface area contributed by atoms with Crippen molar-refractivity contribution in [1.29, 1.82) is 0 Å². The molecule has 0 N–H and O–H groups in total. The Kier molecular flexibility index (Phi) is 6.59. The fourth-order valence-electron chi connectivity index (χ4n) is 3.78. The molecule has 1 aromatic carbocycles. The lowest BCUT2D eigenvalue weighted by Gasteiger charge is -2.34. The summed E-state index contributed by atoms with van der Waals surface area (Å²) in [7, 11) is 0. The zero-order valence-electron chi connectivity index (χ0n) is 18.9. The van der Waals surface area contributed by atoms with Gasteiger partial charge in [-0.1, -0.05) is 30.3 Å². The molecule has 2 heterocycles. The van der Waals surface area contributed by atoms with Gasteiger partial charge in [-0.2, -0.15) is 0 Å². The van der Waals surface area contributed by atoms with Gasteiger partial charge >= 0.3 is 12.1 Å². The number of morpholine rings is 1. The Labute approximate surface area is 183 Å². The molecule has 8 heteroatoms. The van der Waals surface area contributed by atoms with Gasteiger partial charge in [0.15, 0.2) is 0 Å². The predicted molar refractivity (Wildman–Crippen MR) is 113 cm³/mol. The average Bonchev–Trinajstić information content (AvgIpc) is 3.00. The van der Waals surface area contributed by atoms with Crippen LogP contribution in [-0.2, 0) is 30.4 Å². The summed E-state index contributed by atoms with van der Waals surface area (Å²) in [6.45, 7) is 10.2. The molecule has 2 aliphatic heterocycles. The van der Waals surface area contributed by atoms with Crippen molar-refractivity contribution in [3.63, 3.8) is 0 Å². The normalized spacial score (nSPS) is 21.6. The lowest BCUT2D eigenvalue weighted by Crippen LogP contribution is -2.55. The van der Waals surface area contributed by atoms with Gasteiger partial charge in [-0.25, -0.2) is 4.79 Å². The topological polar surface area (TPSA) is 85.4 Å². The fraction of sp³-hybridized carbons (Fsp3) is 0.609. The Morgan fingerprint density at radius 1 is 1.13 bits per heavy atom. The van der Waals surface area contributed by atoms with E-state index in [1.165, 1.54) is 4.90 Å². The number of ether oxygens (including phenoxy) is 3. The third-order valence-electron chi connectivity index (χ3n) is 5.29. The van der Waals surface area contributed by atoms with Gasteiger partial charge in [-0.05, 0) is 40.2 Å². The second kappa shape index (κ2) is 8.86. The number of carbonyl (C=O) groups excluding carboxylic acids is 3. The summed E-state index contributed by atoms with van der Waals surface area (Å²) in [6, 6.07) is 8.64. The van der Waals surface area contributed by atoms with Crippen LogP contribution >= 0.6 is 0 Å². The zero-order chi connectivity index (χ0) is 22.8. The molecule has 0 radical (unpaired) electrons. The van der Waals surface area contributed by atoms with Gasteiger partial charge in [0.05, 0.1) is 12.0 Å². The molecule has 8 nitrogen and oxygen atoms in total. The van der Waals surface area contributed by atoms with Crippen LogP contribution < -0.4 is 0 Å². The molecule has 31 heavy (non-hydrogen) atoms.